The molecule has 0 aromatic carbocycles. The maximum Gasteiger partial charge on any atom is 0.0620 e. The van der Waals surface area contributed by atoms with E-state index in [9.17, 15) is 0 Å². The van der Waals surface area contributed by atoms with Gasteiger partial charge in [0.05, 0.1) is 6.17 Å². The summed E-state index contributed by atoms with van der Waals surface area (Å²) in [6, 6.07) is 0. The monoisotopic (exact) mass is 211 g/mol. The van der Waals surface area contributed by atoms with Gasteiger partial charge < -0.3 is 5.32 Å². The molecule has 0 radical (unpaired) electrons. The summed E-state index contributed by atoms with van der Waals surface area (Å²) < 4.78 is 0. The Labute approximate surface area is 93.8 Å². The van der Waals surface area contributed by atoms with Crippen molar-refractivity contribution in [1.29, 1.82) is 0 Å². The van der Waals surface area contributed by atoms with Crippen LogP contribution >= 0.6 is 0 Å². The molecule has 2 fully saturated rings. The maximum atomic E-state index is 3.44. The average Bonchev–Trinajstić information content (AvgIpc) is 2.33. The Morgan fingerprint density at radius 2 is 1.53 bits per heavy atom. The summed E-state index contributed by atoms with van der Waals surface area (Å²) in [5, 5.41) is 3.44. The predicted octanol–water partition coefficient (Wildman–Crippen LogP) is 1.11. The van der Waals surface area contributed by atoms with E-state index in [1.165, 1.54) is 65.0 Å². The molecule has 3 heteroatoms. The standard InChI is InChI=1S/C12H25N3/c1-2-12(14-8-4-3-5-9-14)15-10-6-13-7-11-15/h12-13H,2-11H2,1H3. The fraction of sp³-hybridized carbons (Fsp3) is 1.00. The first-order valence-electron chi connectivity index (χ1n) is 6.60. The number of piperidine rings is 1. The summed E-state index contributed by atoms with van der Waals surface area (Å²) in [4.78, 5) is 5.37. The molecule has 2 saturated heterocycles. The van der Waals surface area contributed by atoms with Gasteiger partial charge in [-0.1, -0.05) is 13.3 Å². The van der Waals surface area contributed by atoms with Crippen LogP contribution in [0.15, 0.2) is 0 Å². The molecule has 0 aliphatic carbocycles. The van der Waals surface area contributed by atoms with Crippen molar-refractivity contribution in [2.24, 2.45) is 0 Å². The lowest BCUT2D eigenvalue weighted by Crippen LogP contribution is -2.55. The van der Waals surface area contributed by atoms with Crippen LogP contribution in [0.25, 0.3) is 0 Å². The molecule has 2 aliphatic rings. The van der Waals surface area contributed by atoms with E-state index < -0.39 is 0 Å². The van der Waals surface area contributed by atoms with E-state index in [-0.39, 0.29) is 0 Å². The highest BCUT2D eigenvalue weighted by atomic mass is 15.4. The molecule has 0 bridgehead atoms. The molecule has 0 aromatic heterocycles. The van der Waals surface area contributed by atoms with Crippen LogP contribution in [-0.4, -0.2) is 55.2 Å². The van der Waals surface area contributed by atoms with Crippen LogP contribution in [-0.2, 0) is 0 Å². The molecule has 0 saturated carbocycles. The number of piperazine rings is 1. The van der Waals surface area contributed by atoms with Gasteiger partial charge in [0.25, 0.3) is 0 Å². The Hall–Kier alpha value is -0.120. The second-order valence-corrected chi connectivity index (χ2v) is 4.77. The van der Waals surface area contributed by atoms with Gasteiger partial charge in [0.15, 0.2) is 0 Å². The molecule has 1 N–H and O–H groups in total. The van der Waals surface area contributed by atoms with E-state index >= 15 is 0 Å². The summed E-state index contributed by atoms with van der Waals surface area (Å²) in [7, 11) is 0. The third-order valence-electron chi connectivity index (χ3n) is 3.75. The lowest BCUT2D eigenvalue weighted by atomic mass is 10.1. The topological polar surface area (TPSA) is 18.5 Å². The van der Waals surface area contributed by atoms with Crippen LogP contribution in [0.5, 0.6) is 0 Å². The zero-order valence-corrected chi connectivity index (χ0v) is 10.0. The van der Waals surface area contributed by atoms with E-state index in [1.807, 2.05) is 0 Å². The largest absolute Gasteiger partial charge is 0.314 e. The zero-order valence-electron chi connectivity index (χ0n) is 10.0. The number of hydrogen-bond acceptors (Lipinski definition) is 3. The highest BCUT2D eigenvalue weighted by Crippen LogP contribution is 2.17. The van der Waals surface area contributed by atoms with Gasteiger partial charge >= 0.3 is 0 Å². The third-order valence-corrected chi connectivity index (χ3v) is 3.75. The molecule has 2 rings (SSSR count). The van der Waals surface area contributed by atoms with Crippen LogP contribution in [0.2, 0.25) is 0 Å². The Morgan fingerprint density at radius 3 is 2.13 bits per heavy atom. The van der Waals surface area contributed by atoms with E-state index in [0.717, 1.165) is 0 Å². The van der Waals surface area contributed by atoms with Crippen molar-refractivity contribution >= 4 is 0 Å². The number of nitrogens with one attached hydrogen (secondary N) is 1. The smallest absolute Gasteiger partial charge is 0.0620 e. The second kappa shape index (κ2) is 5.83. The molecule has 2 heterocycles. The summed E-state index contributed by atoms with van der Waals surface area (Å²) in [6.07, 6.45) is 6.24. The lowest BCUT2D eigenvalue weighted by Gasteiger charge is -2.42. The highest BCUT2D eigenvalue weighted by molar-refractivity contribution is 4.78. The normalized spacial score (nSPS) is 27.8. The van der Waals surface area contributed by atoms with Crippen molar-refractivity contribution in [2.75, 3.05) is 39.3 Å². The number of hydrogen-bond donors (Lipinski definition) is 1. The summed E-state index contributed by atoms with van der Waals surface area (Å²) in [5.74, 6) is 0. The first-order chi connectivity index (χ1) is 7.42. The first-order valence-corrected chi connectivity index (χ1v) is 6.60. The van der Waals surface area contributed by atoms with Gasteiger partial charge in [0.2, 0.25) is 0 Å². The first kappa shape index (κ1) is 11.4. The number of rotatable bonds is 3. The minimum Gasteiger partial charge on any atom is -0.314 e. The van der Waals surface area contributed by atoms with E-state index in [2.05, 4.69) is 22.0 Å². The van der Waals surface area contributed by atoms with Gasteiger partial charge in [-0.25, -0.2) is 0 Å². The Kier molecular flexibility index (Phi) is 4.42. The Balaban J connectivity index is 1.88. The van der Waals surface area contributed by atoms with Crippen LogP contribution in [0.3, 0.4) is 0 Å². The van der Waals surface area contributed by atoms with E-state index in [0.29, 0.717) is 6.17 Å². The van der Waals surface area contributed by atoms with Crippen molar-refractivity contribution in [3.63, 3.8) is 0 Å². The molecule has 3 nitrogen and oxygen atoms in total. The van der Waals surface area contributed by atoms with E-state index in [4.69, 9.17) is 0 Å². The minimum atomic E-state index is 0.715. The molecule has 1 unspecified atom stereocenters. The molecule has 0 aromatic rings. The molecule has 1 atom stereocenters. The van der Waals surface area contributed by atoms with Crippen LogP contribution < -0.4 is 5.32 Å². The average molecular weight is 211 g/mol. The summed E-state index contributed by atoms with van der Waals surface area (Å²) >= 11 is 0. The molecular weight excluding hydrogens is 186 g/mol. The van der Waals surface area contributed by atoms with Gasteiger partial charge in [-0.05, 0) is 32.4 Å². The second-order valence-electron chi connectivity index (χ2n) is 4.77. The quantitative estimate of drug-likeness (QED) is 0.754. The van der Waals surface area contributed by atoms with Crippen molar-refractivity contribution < 1.29 is 0 Å². The summed E-state index contributed by atoms with van der Waals surface area (Å²) in [6.45, 7) is 9.78. The lowest BCUT2D eigenvalue weighted by molar-refractivity contribution is 0.0190. The van der Waals surface area contributed by atoms with Gasteiger partial charge in [-0.3, -0.25) is 9.80 Å². The molecule has 2 aliphatic heterocycles. The molecule has 0 spiro atoms. The molecule has 0 amide bonds. The maximum absolute atomic E-state index is 3.44. The fourth-order valence-corrected chi connectivity index (χ4v) is 2.94. The Morgan fingerprint density at radius 1 is 0.933 bits per heavy atom. The fourth-order valence-electron chi connectivity index (χ4n) is 2.94. The van der Waals surface area contributed by atoms with Gasteiger partial charge in [0, 0.05) is 26.2 Å². The van der Waals surface area contributed by atoms with Crippen molar-refractivity contribution in [2.45, 2.75) is 38.8 Å². The minimum absolute atomic E-state index is 0.715. The van der Waals surface area contributed by atoms with Gasteiger partial charge in [-0.2, -0.15) is 0 Å². The zero-order chi connectivity index (χ0) is 10.5. The molecule has 88 valence electrons. The third kappa shape index (κ3) is 2.92. The van der Waals surface area contributed by atoms with Gasteiger partial charge in [0.1, 0.15) is 0 Å². The van der Waals surface area contributed by atoms with Crippen molar-refractivity contribution in [3.8, 4) is 0 Å². The van der Waals surface area contributed by atoms with E-state index in [1.54, 1.807) is 0 Å². The van der Waals surface area contributed by atoms with Crippen molar-refractivity contribution in [1.82, 2.24) is 15.1 Å². The van der Waals surface area contributed by atoms with Gasteiger partial charge in [-0.15, -0.1) is 0 Å². The molecular formula is C12H25N3. The van der Waals surface area contributed by atoms with Crippen LogP contribution in [0.4, 0.5) is 0 Å². The van der Waals surface area contributed by atoms with Crippen molar-refractivity contribution in [3.05, 3.63) is 0 Å². The SMILES string of the molecule is CCC(N1CCCCC1)N1CCNCC1. The predicted molar refractivity (Wildman–Crippen MR) is 63.9 cm³/mol. The number of likely N-dealkylation sites (tertiary alicyclic amines) is 1. The Bertz CT molecular complexity index is 154. The molecule has 15 heavy (non-hydrogen) atoms. The number of nitrogens with zero attached hydrogens (tertiary/aromatic N) is 2. The van der Waals surface area contributed by atoms with Crippen LogP contribution in [0, 0.1) is 0 Å². The summed E-state index contributed by atoms with van der Waals surface area (Å²) in [5.41, 5.74) is 0. The van der Waals surface area contributed by atoms with Crippen LogP contribution in [0.1, 0.15) is 32.6 Å². The highest BCUT2D eigenvalue weighted by Gasteiger charge is 2.25.